The van der Waals surface area contributed by atoms with Crippen LogP contribution in [0.25, 0.3) is 0 Å². The van der Waals surface area contributed by atoms with Crippen molar-refractivity contribution < 1.29 is 4.74 Å². The predicted octanol–water partition coefficient (Wildman–Crippen LogP) is 2.04. The second-order valence-corrected chi connectivity index (χ2v) is 5.54. The molecule has 2 rings (SSSR count). The van der Waals surface area contributed by atoms with Crippen LogP contribution in [0, 0.1) is 0 Å². The molecule has 1 N–H and O–H groups in total. The largest absolute Gasteiger partial charge is 0.380 e. The van der Waals surface area contributed by atoms with E-state index in [1.54, 1.807) is 0 Å². The summed E-state index contributed by atoms with van der Waals surface area (Å²) in [4.78, 5) is 0. The summed E-state index contributed by atoms with van der Waals surface area (Å²) >= 11 is 2.08. The maximum absolute atomic E-state index is 5.54. The molecular formula is C11H21NOS. The molecule has 0 amide bonds. The monoisotopic (exact) mass is 215 g/mol. The highest BCUT2D eigenvalue weighted by Gasteiger charge is 2.27. The van der Waals surface area contributed by atoms with Crippen molar-refractivity contribution in [1.29, 1.82) is 0 Å². The van der Waals surface area contributed by atoms with E-state index in [0.29, 0.717) is 12.1 Å². The molecule has 0 aromatic heterocycles. The van der Waals surface area contributed by atoms with Gasteiger partial charge in [0.25, 0.3) is 0 Å². The number of hydrogen-bond donors (Lipinski definition) is 1. The molecule has 1 aliphatic heterocycles. The van der Waals surface area contributed by atoms with E-state index in [0.717, 1.165) is 6.04 Å². The zero-order valence-electron chi connectivity index (χ0n) is 9.00. The van der Waals surface area contributed by atoms with Gasteiger partial charge in [0.15, 0.2) is 0 Å². The minimum atomic E-state index is 0.467. The summed E-state index contributed by atoms with van der Waals surface area (Å²) in [5, 5.41) is 3.77. The fourth-order valence-electron chi connectivity index (χ4n) is 2.54. The Balaban J connectivity index is 1.81. The fraction of sp³-hybridized carbons (Fsp3) is 1.00. The quantitative estimate of drug-likeness (QED) is 0.778. The number of nitrogens with one attached hydrogen (secondary N) is 1. The van der Waals surface area contributed by atoms with Crippen LogP contribution in [0.4, 0.5) is 0 Å². The van der Waals surface area contributed by atoms with Crippen LogP contribution in [0.3, 0.4) is 0 Å². The average Bonchev–Trinajstić information content (AvgIpc) is 2.71. The third kappa shape index (κ3) is 2.65. The van der Waals surface area contributed by atoms with Crippen LogP contribution in [-0.2, 0) is 4.74 Å². The summed E-state index contributed by atoms with van der Waals surface area (Å²) in [5.74, 6) is 2.63. The topological polar surface area (TPSA) is 21.3 Å². The predicted molar refractivity (Wildman–Crippen MR) is 61.9 cm³/mol. The number of methoxy groups -OCH3 is 1. The highest BCUT2D eigenvalue weighted by molar-refractivity contribution is 7.99. The summed E-state index contributed by atoms with van der Waals surface area (Å²) in [6.07, 6.45) is 7.08. The van der Waals surface area contributed by atoms with Gasteiger partial charge in [-0.15, -0.1) is 0 Å². The molecule has 0 aromatic rings. The molecule has 2 fully saturated rings. The summed E-state index contributed by atoms with van der Waals surface area (Å²) in [6.45, 7) is 0. The Kier molecular flexibility index (Phi) is 4.14. The van der Waals surface area contributed by atoms with Gasteiger partial charge in [-0.1, -0.05) is 12.8 Å². The van der Waals surface area contributed by atoms with E-state index >= 15 is 0 Å². The van der Waals surface area contributed by atoms with Gasteiger partial charge in [0.05, 0.1) is 6.10 Å². The molecule has 14 heavy (non-hydrogen) atoms. The maximum atomic E-state index is 5.54. The summed E-state index contributed by atoms with van der Waals surface area (Å²) < 4.78 is 5.54. The van der Waals surface area contributed by atoms with Crippen LogP contribution in [-0.4, -0.2) is 36.8 Å². The van der Waals surface area contributed by atoms with Gasteiger partial charge >= 0.3 is 0 Å². The Labute approximate surface area is 91.2 Å². The molecular weight excluding hydrogens is 194 g/mol. The first kappa shape index (κ1) is 10.8. The lowest BCUT2D eigenvalue weighted by atomic mass is 9.92. The lowest BCUT2D eigenvalue weighted by molar-refractivity contribution is 0.0387. The Morgan fingerprint density at radius 3 is 2.79 bits per heavy atom. The first-order valence-corrected chi connectivity index (χ1v) is 6.92. The van der Waals surface area contributed by atoms with E-state index in [2.05, 4.69) is 17.1 Å². The fourth-order valence-corrected chi connectivity index (χ4v) is 3.70. The van der Waals surface area contributed by atoms with Gasteiger partial charge < -0.3 is 10.1 Å². The summed E-state index contributed by atoms with van der Waals surface area (Å²) in [6, 6.07) is 1.37. The van der Waals surface area contributed by atoms with E-state index in [4.69, 9.17) is 4.74 Å². The smallest absolute Gasteiger partial charge is 0.0724 e. The molecule has 1 aliphatic carbocycles. The SMILES string of the molecule is CO[C@@H]1CCCC[C@@H]1N[C@@H]1CCSC1. The summed E-state index contributed by atoms with van der Waals surface area (Å²) in [7, 11) is 1.86. The van der Waals surface area contributed by atoms with Gasteiger partial charge in [-0.05, 0) is 25.0 Å². The average molecular weight is 215 g/mol. The van der Waals surface area contributed by atoms with Crippen molar-refractivity contribution in [3.8, 4) is 0 Å². The Morgan fingerprint density at radius 2 is 2.07 bits per heavy atom. The molecule has 1 saturated carbocycles. The first-order valence-electron chi connectivity index (χ1n) is 5.76. The van der Waals surface area contributed by atoms with Crippen LogP contribution in [0.5, 0.6) is 0 Å². The van der Waals surface area contributed by atoms with Crippen molar-refractivity contribution in [2.24, 2.45) is 0 Å². The van der Waals surface area contributed by atoms with Gasteiger partial charge in [0.1, 0.15) is 0 Å². The van der Waals surface area contributed by atoms with Crippen LogP contribution in [0.15, 0.2) is 0 Å². The normalized spacial score (nSPS) is 38.8. The highest BCUT2D eigenvalue weighted by atomic mass is 32.2. The van der Waals surface area contributed by atoms with Crippen molar-refractivity contribution in [2.75, 3.05) is 18.6 Å². The van der Waals surface area contributed by atoms with Crippen molar-refractivity contribution in [3.63, 3.8) is 0 Å². The van der Waals surface area contributed by atoms with Gasteiger partial charge in [-0.3, -0.25) is 0 Å². The zero-order chi connectivity index (χ0) is 9.80. The molecule has 1 saturated heterocycles. The minimum Gasteiger partial charge on any atom is -0.380 e. The van der Waals surface area contributed by atoms with Crippen molar-refractivity contribution in [1.82, 2.24) is 5.32 Å². The zero-order valence-corrected chi connectivity index (χ0v) is 9.81. The molecule has 82 valence electrons. The standard InChI is InChI=1S/C11H21NOS/c1-13-11-5-3-2-4-10(11)12-9-6-7-14-8-9/h9-12H,2-8H2,1H3/t9-,10+,11-/m1/s1. The Bertz CT molecular complexity index is 171. The number of hydrogen-bond acceptors (Lipinski definition) is 3. The third-order valence-corrected chi connectivity index (χ3v) is 4.55. The minimum absolute atomic E-state index is 0.467. The molecule has 0 unspecified atom stereocenters. The van der Waals surface area contributed by atoms with Gasteiger partial charge in [0, 0.05) is 24.9 Å². The number of rotatable bonds is 3. The van der Waals surface area contributed by atoms with Crippen LogP contribution in [0.2, 0.25) is 0 Å². The van der Waals surface area contributed by atoms with E-state index in [1.807, 2.05) is 7.11 Å². The molecule has 0 spiro atoms. The third-order valence-electron chi connectivity index (χ3n) is 3.38. The molecule has 0 radical (unpaired) electrons. The Morgan fingerprint density at radius 1 is 1.21 bits per heavy atom. The highest BCUT2D eigenvalue weighted by Crippen LogP contribution is 2.24. The molecule has 1 heterocycles. The van der Waals surface area contributed by atoms with Crippen molar-refractivity contribution >= 4 is 11.8 Å². The van der Waals surface area contributed by atoms with Crippen LogP contribution < -0.4 is 5.32 Å². The Hall–Kier alpha value is 0.270. The van der Waals surface area contributed by atoms with E-state index in [9.17, 15) is 0 Å². The molecule has 2 aliphatic rings. The molecule has 0 bridgehead atoms. The summed E-state index contributed by atoms with van der Waals surface area (Å²) in [5.41, 5.74) is 0. The van der Waals surface area contributed by atoms with E-state index in [-0.39, 0.29) is 0 Å². The second kappa shape index (κ2) is 5.38. The second-order valence-electron chi connectivity index (χ2n) is 4.39. The molecule has 0 aromatic carbocycles. The van der Waals surface area contributed by atoms with Gasteiger partial charge in [0.2, 0.25) is 0 Å². The van der Waals surface area contributed by atoms with Gasteiger partial charge in [-0.2, -0.15) is 11.8 Å². The number of ether oxygens (including phenoxy) is 1. The van der Waals surface area contributed by atoms with Crippen LogP contribution >= 0.6 is 11.8 Å². The van der Waals surface area contributed by atoms with Gasteiger partial charge in [-0.25, -0.2) is 0 Å². The first-order chi connectivity index (χ1) is 6.90. The molecule has 3 heteroatoms. The number of thioether (sulfide) groups is 1. The lowest BCUT2D eigenvalue weighted by Gasteiger charge is -2.33. The van der Waals surface area contributed by atoms with Crippen LogP contribution in [0.1, 0.15) is 32.1 Å². The van der Waals surface area contributed by atoms with E-state index < -0.39 is 0 Å². The molecule has 2 nitrogen and oxygen atoms in total. The lowest BCUT2D eigenvalue weighted by Crippen LogP contribution is -2.47. The van der Waals surface area contributed by atoms with Crippen molar-refractivity contribution in [3.05, 3.63) is 0 Å². The van der Waals surface area contributed by atoms with E-state index in [1.165, 1.54) is 43.6 Å². The molecule has 3 atom stereocenters. The van der Waals surface area contributed by atoms with Crippen molar-refractivity contribution in [2.45, 2.75) is 50.3 Å². The maximum Gasteiger partial charge on any atom is 0.0724 e.